The summed E-state index contributed by atoms with van der Waals surface area (Å²) in [5.41, 5.74) is 1.25. The molecule has 0 saturated heterocycles. The summed E-state index contributed by atoms with van der Waals surface area (Å²) < 4.78 is 0.694. The molecular formula is C12H9Cl2IN2S. The van der Waals surface area contributed by atoms with Crippen LogP contribution in [0.3, 0.4) is 0 Å². The van der Waals surface area contributed by atoms with Crippen LogP contribution in [0.2, 0.25) is 10.3 Å². The van der Waals surface area contributed by atoms with E-state index in [1.807, 2.05) is 22.6 Å². The molecular weight excluding hydrogens is 402 g/mol. The highest BCUT2D eigenvalue weighted by Gasteiger charge is 2.09. The maximum atomic E-state index is 5.97. The van der Waals surface area contributed by atoms with E-state index in [4.69, 9.17) is 23.2 Å². The van der Waals surface area contributed by atoms with Crippen LogP contribution >= 0.6 is 57.6 Å². The second-order valence-electron chi connectivity index (χ2n) is 3.64. The van der Waals surface area contributed by atoms with Crippen LogP contribution in [0.15, 0.2) is 29.2 Å². The summed E-state index contributed by atoms with van der Waals surface area (Å²) in [6, 6.07) is 8.32. The first-order valence-corrected chi connectivity index (χ1v) is 7.95. The van der Waals surface area contributed by atoms with Crippen molar-refractivity contribution in [2.24, 2.45) is 0 Å². The van der Waals surface area contributed by atoms with Gasteiger partial charge in [0.25, 0.3) is 0 Å². The Balaban J connectivity index is 2.08. The number of thioether (sulfide) groups is 1. The van der Waals surface area contributed by atoms with E-state index in [1.54, 1.807) is 11.8 Å². The molecule has 6 heteroatoms. The largest absolute Gasteiger partial charge is 0.219 e. The van der Waals surface area contributed by atoms with E-state index in [2.05, 4.69) is 41.2 Å². The van der Waals surface area contributed by atoms with E-state index < -0.39 is 0 Å². The highest BCUT2D eigenvalue weighted by atomic mass is 127. The standard InChI is InChI=1S/C12H9Cl2IN2S/c1-7-2-4-8(5-3-7)18-6-9-16-11(13)10(15)12(14)17-9/h2-5H,6H2,1H3. The first-order valence-electron chi connectivity index (χ1n) is 5.13. The van der Waals surface area contributed by atoms with Gasteiger partial charge in [0.1, 0.15) is 16.1 Å². The fourth-order valence-corrected chi connectivity index (χ4v) is 2.70. The average molecular weight is 411 g/mol. The molecule has 0 spiro atoms. The summed E-state index contributed by atoms with van der Waals surface area (Å²) in [4.78, 5) is 9.59. The van der Waals surface area contributed by atoms with Gasteiger partial charge in [0, 0.05) is 4.90 Å². The molecule has 1 aromatic heterocycles. The number of aromatic nitrogens is 2. The molecule has 0 aliphatic heterocycles. The zero-order valence-corrected chi connectivity index (χ0v) is 13.9. The quantitative estimate of drug-likeness (QED) is 0.405. The lowest BCUT2D eigenvalue weighted by Gasteiger charge is -2.04. The minimum Gasteiger partial charge on any atom is -0.219 e. The Labute approximate surface area is 134 Å². The second kappa shape index (κ2) is 6.41. The van der Waals surface area contributed by atoms with Crippen molar-refractivity contribution in [1.82, 2.24) is 9.97 Å². The molecule has 0 aliphatic rings. The Morgan fingerprint density at radius 3 is 2.22 bits per heavy atom. The summed E-state index contributed by atoms with van der Waals surface area (Å²) in [5, 5.41) is 0.824. The van der Waals surface area contributed by atoms with Crippen molar-refractivity contribution in [3.8, 4) is 0 Å². The lowest BCUT2D eigenvalue weighted by atomic mass is 10.2. The van der Waals surface area contributed by atoms with Crippen LogP contribution in [0.1, 0.15) is 11.4 Å². The van der Waals surface area contributed by atoms with Crippen molar-refractivity contribution >= 4 is 57.6 Å². The van der Waals surface area contributed by atoms with Crippen molar-refractivity contribution in [3.63, 3.8) is 0 Å². The Hall–Kier alpha value is -0.0400. The number of rotatable bonds is 3. The Bertz CT molecular complexity index is 537. The highest BCUT2D eigenvalue weighted by Crippen LogP contribution is 2.26. The topological polar surface area (TPSA) is 25.8 Å². The molecule has 0 bridgehead atoms. The zero-order valence-electron chi connectivity index (χ0n) is 9.45. The van der Waals surface area contributed by atoms with Crippen molar-refractivity contribution in [2.75, 3.05) is 0 Å². The van der Waals surface area contributed by atoms with Gasteiger partial charge >= 0.3 is 0 Å². The van der Waals surface area contributed by atoms with Gasteiger partial charge in [-0.2, -0.15) is 0 Å². The summed E-state index contributed by atoms with van der Waals surface area (Å²) in [6.45, 7) is 2.07. The normalized spacial score (nSPS) is 10.7. The van der Waals surface area contributed by atoms with Gasteiger partial charge in [-0.25, -0.2) is 9.97 Å². The Morgan fingerprint density at radius 1 is 1.11 bits per heavy atom. The predicted molar refractivity (Wildman–Crippen MR) is 85.5 cm³/mol. The molecule has 2 rings (SSSR count). The molecule has 94 valence electrons. The third kappa shape index (κ3) is 3.73. The number of aryl methyl sites for hydroxylation is 1. The van der Waals surface area contributed by atoms with Crippen LogP contribution < -0.4 is 0 Å². The van der Waals surface area contributed by atoms with E-state index in [0.717, 1.165) is 0 Å². The third-order valence-electron chi connectivity index (χ3n) is 2.21. The van der Waals surface area contributed by atoms with Crippen LogP contribution in [0, 0.1) is 10.5 Å². The molecule has 0 atom stereocenters. The number of hydrogen-bond acceptors (Lipinski definition) is 3. The van der Waals surface area contributed by atoms with Gasteiger partial charge in [-0.3, -0.25) is 0 Å². The molecule has 1 aromatic carbocycles. The average Bonchev–Trinajstić information content (AvgIpc) is 2.35. The third-order valence-corrected chi connectivity index (χ3v) is 5.42. The van der Waals surface area contributed by atoms with Gasteiger partial charge in [-0.1, -0.05) is 40.9 Å². The summed E-state index contributed by atoms with van der Waals surface area (Å²) in [7, 11) is 0. The minimum absolute atomic E-state index is 0.412. The van der Waals surface area contributed by atoms with E-state index in [9.17, 15) is 0 Å². The number of benzene rings is 1. The van der Waals surface area contributed by atoms with Gasteiger partial charge in [0.05, 0.1) is 9.32 Å². The number of hydrogen-bond donors (Lipinski definition) is 0. The zero-order chi connectivity index (χ0) is 13.1. The first-order chi connectivity index (χ1) is 8.56. The van der Waals surface area contributed by atoms with Crippen molar-refractivity contribution in [1.29, 1.82) is 0 Å². The fraction of sp³-hybridized carbons (Fsp3) is 0.167. The monoisotopic (exact) mass is 410 g/mol. The molecule has 0 amide bonds. The molecule has 0 fully saturated rings. The van der Waals surface area contributed by atoms with E-state index in [1.165, 1.54) is 10.5 Å². The molecule has 18 heavy (non-hydrogen) atoms. The summed E-state index contributed by atoms with van der Waals surface area (Å²) in [6.07, 6.45) is 0. The van der Waals surface area contributed by atoms with Crippen LogP contribution in [-0.2, 0) is 5.75 Å². The van der Waals surface area contributed by atoms with Gasteiger partial charge < -0.3 is 0 Å². The predicted octanol–water partition coefficient (Wildman–Crippen LogP) is 4.99. The highest BCUT2D eigenvalue weighted by molar-refractivity contribution is 14.1. The Kier molecular flexibility index (Phi) is 5.12. The number of halogens is 3. The SMILES string of the molecule is Cc1ccc(SCc2nc(Cl)c(I)c(Cl)n2)cc1. The van der Waals surface area contributed by atoms with Crippen LogP contribution in [0.25, 0.3) is 0 Å². The molecule has 0 unspecified atom stereocenters. The van der Waals surface area contributed by atoms with Crippen molar-refractivity contribution in [2.45, 2.75) is 17.6 Å². The van der Waals surface area contributed by atoms with Crippen LogP contribution in [0.4, 0.5) is 0 Å². The summed E-state index contributed by atoms with van der Waals surface area (Å²) in [5.74, 6) is 1.30. The van der Waals surface area contributed by atoms with Crippen LogP contribution in [0.5, 0.6) is 0 Å². The van der Waals surface area contributed by atoms with Gasteiger partial charge in [-0.15, -0.1) is 11.8 Å². The van der Waals surface area contributed by atoms with Gasteiger partial charge in [0.2, 0.25) is 0 Å². The van der Waals surface area contributed by atoms with E-state index in [-0.39, 0.29) is 0 Å². The molecule has 1 heterocycles. The first kappa shape index (κ1) is 14.4. The maximum absolute atomic E-state index is 5.97. The molecule has 0 N–H and O–H groups in total. The number of nitrogens with zero attached hydrogens (tertiary/aromatic N) is 2. The van der Waals surface area contributed by atoms with E-state index >= 15 is 0 Å². The smallest absolute Gasteiger partial charge is 0.147 e. The lowest BCUT2D eigenvalue weighted by Crippen LogP contribution is -1.96. The van der Waals surface area contributed by atoms with Crippen molar-refractivity contribution < 1.29 is 0 Å². The Morgan fingerprint density at radius 2 is 1.67 bits per heavy atom. The summed E-state index contributed by atoms with van der Waals surface area (Å²) >= 11 is 15.6. The maximum Gasteiger partial charge on any atom is 0.147 e. The van der Waals surface area contributed by atoms with E-state index in [0.29, 0.717) is 25.5 Å². The molecule has 2 aromatic rings. The molecule has 2 nitrogen and oxygen atoms in total. The van der Waals surface area contributed by atoms with Gasteiger partial charge in [-0.05, 0) is 41.6 Å². The molecule has 0 radical (unpaired) electrons. The van der Waals surface area contributed by atoms with Crippen LogP contribution in [-0.4, -0.2) is 9.97 Å². The molecule has 0 aliphatic carbocycles. The second-order valence-corrected chi connectivity index (χ2v) is 6.48. The fourth-order valence-electron chi connectivity index (χ4n) is 1.28. The molecule has 0 saturated carbocycles. The minimum atomic E-state index is 0.412. The van der Waals surface area contributed by atoms with Gasteiger partial charge in [0.15, 0.2) is 0 Å². The van der Waals surface area contributed by atoms with Crippen molar-refractivity contribution in [3.05, 3.63) is 49.5 Å². The lowest BCUT2D eigenvalue weighted by molar-refractivity contribution is 1.02.